The Bertz CT molecular complexity index is 445. The van der Waals surface area contributed by atoms with Gasteiger partial charge >= 0.3 is 5.97 Å². The van der Waals surface area contributed by atoms with Crippen LogP contribution in [0.2, 0.25) is 0 Å². The maximum Gasteiger partial charge on any atom is 0.347 e. The second kappa shape index (κ2) is 7.85. The van der Waals surface area contributed by atoms with E-state index in [0.717, 1.165) is 6.42 Å². The summed E-state index contributed by atoms with van der Waals surface area (Å²) in [5.41, 5.74) is 0.315. The summed E-state index contributed by atoms with van der Waals surface area (Å²) in [6.45, 7) is 5.44. The molecule has 0 aliphatic rings. The van der Waals surface area contributed by atoms with Gasteiger partial charge in [0.1, 0.15) is 11.6 Å². The number of aliphatic hydroxyl groups excluding tert-OH is 1. The van der Waals surface area contributed by atoms with E-state index in [9.17, 15) is 14.3 Å². The van der Waals surface area contributed by atoms with Crippen molar-refractivity contribution in [3.63, 3.8) is 0 Å². The number of rotatable bonds is 7. The molecule has 0 aromatic heterocycles. The summed E-state index contributed by atoms with van der Waals surface area (Å²) >= 11 is 0. The fourth-order valence-electron chi connectivity index (χ4n) is 1.83. The lowest BCUT2D eigenvalue weighted by atomic mass is 10.1. The zero-order valence-electron chi connectivity index (χ0n) is 12.1. The SMILES string of the molecule is CCCC(Oc1ccc(F)cc1[C@H](C)O)C(=O)OCC. The number of hydrogen-bond donors (Lipinski definition) is 1. The summed E-state index contributed by atoms with van der Waals surface area (Å²) in [5, 5.41) is 9.65. The van der Waals surface area contributed by atoms with Crippen LogP contribution in [0.4, 0.5) is 4.39 Å². The fourth-order valence-corrected chi connectivity index (χ4v) is 1.83. The molecule has 1 aromatic rings. The van der Waals surface area contributed by atoms with Gasteiger partial charge in [-0.1, -0.05) is 13.3 Å². The molecule has 0 saturated heterocycles. The Kier molecular flexibility index (Phi) is 6.45. The lowest BCUT2D eigenvalue weighted by Crippen LogP contribution is -2.29. The van der Waals surface area contributed by atoms with Crippen LogP contribution in [0.25, 0.3) is 0 Å². The molecule has 0 amide bonds. The Hall–Kier alpha value is -1.62. The molecule has 1 unspecified atom stereocenters. The Morgan fingerprint density at radius 2 is 2.10 bits per heavy atom. The van der Waals surface area contributed by atoms with Gasteiger partial charge in [-0.2, -0.15) is 0 Å². The molecule has 0 spiro atoms. The molecule has 1 N–H and O–H groups in total. The van der Waals surface area contributed by atoms with Gasteiger partial charge in [0, 0.05) is 5.56 Å². The van der Waals surface area contributed by atoms with Gasteiger partial charge in [0.05, 0.1) is 12.7 Å². The molecular weight excluding hydrogens is 263 g/mol. The van der Waals surface area contributed by atoms with Gasteiger partial charge in [0.2, 0.25) is 0 Å². The van der Waals surface area contributed by atoms with Gasteiger partial charge in [-0.05, 0) is 38.5 Å². The monoisotopic (exact) mass is 284 g/mol. The van der Waals surface area contributed by atoms with Crippen molar-refractivity contribution in [2.45, 2.75) is 45.8 Å². The molecule has 0 radical (unpaired) electrons. The van der Waals surface area contributed by atoms with Crippen molar-refractivity contribution < 1.29 is 23.8 Å². The maximum atomic E-state index is 13.2. The number of aliphatic hydroxyl groups is 1. The smallest absolute Gasteiger partial charge is 0.347 e. The minimum absolute atomic E-state index is 0.273. The lowest BCUT2D eigenvalue weighted by Gasteiger charge is -2.20. The highest BCUT2D eigenvalue weighted by molar-refractivity contribution is 5.75. The van der Waals surface area contributed by atoms with Crippen LogP contribution in [0, 0.1) is 5.82 Å². The van der Waals surface area contributed by atoms with Crippen molar-refractivity contribution in [1.82, 2.24) is 0 Å². The van der Waals surface area contributed by atoms with E-state index >= 15 is 0 Å². The van der Waals surface area contributed by atoms with Gasteiger partial charge in [0.15, 0.2) is 6.10 Å². The average Bonchev–Trinajstić information content (AvgIpc) is 2.40. The van der Waals surface area contributed by atoms with Crippen LogP contribution >= 0.6 is 0 Å². The maximum absolute atomic E-state index is 13.2. The number of ether oxygens (including phenoxy) is 2. The number of carbonyl (C=O) groups is 1. The number of esters is 1. The molecule has 0 aliphatic heterocycles. The molecule has 0 aliphatic carbocycles. The Labute approximate surface area is 118 Å². The van der Waals surface area contributed by atoms with E-state index in [0.29, 0.717) is 17.7 Å². The number of hydrogen-bond acceptors (Lipinski definition) is 4. The molecule has 5 heteroatoms. The molecule has 4 nitrogen and oxygen atoms in total. The fraction of sp³-hybridized carbons (Fsp3) is 0.533. The van der Waals surface area contributed by atoms with E-state index in [2.05, 4.69) is 0 Å². The molecule has 0 saturated carbocycles. The Morgan fingerprint density at radius 1 is 1.40 bits per heavy atom. The summed E-state index contributed by atoms with van der Waals surface area (Å²) in [6, 6.07) is 3.85. The summed E-state index contributed by atoms with van der Waals surface area (Å²) in [7, 11) is 0. The average molecular weight is 284 g/mol. The molecule has 20 heavy (non-hydrogen) atoms. The van der Waals surface area contributed by atoms with E-state index < -0.39 is 24.0 Å². The van der Waals surface area contributed by atoms with Crippen LogP contribution in [0.5, 0.6) is 5.75 Å². The molecule has 1 rings (SSSR count). The van der Waals surface area contributed by atoms with E-state index in [4.69, 9.17) is 9.47 Å². The number of benzene rings is 1. The second-order valence-corrected chi connectivity index (χ2v) is 4.51. The van der Waals surface area contributed by atoms with Crippen molar-refractivity contribution in [2.75, 3.05) is 6.61 Å². The van der Waals surface area contributed by atoms with Gasteiger partial charge in [-0.25, -0.2) is 9.18 Å². The topological polar surface area (TPSA) is 55.8 Å². The number of halogens is 1. The van der Waals surface area contributed by atoms with Crippen LogP contribution in [0.15, 0.2) is 18.2 Å². The zero-order valence-corrected chi connectivity index (χ0v) is 12.1. The summed E-state index contributed by atoms with van der Waals surface area (Å²) in [5.74, 6) is -0.612. The van der Waals surface area contributed by atoms with Crippen molar-refractivity contribution in [3.05, 3.63) is 29.6 Å². The van der Waals surface area contributed by atoms with Gasteiger partial charge < -0.3 is 14.6 Å². The molecule has 112 valence electrons. The molecule has 0 bridgehead atoms. The first-order valence-electron chi connectivity index (χ1n) is 6.80. The van der Waals surface area contributed by atoms with Gasteiger partial charge in [-0.15, -0.1) is 0 Å². The van der Waals surface area contributed by atoms with E-state index in [1.54, 1.807) is 6.92 Å². The third-order valence-electron chi connectivity index (χ3n) is 2.79. The van der Waals surface area contributed by atoms with E-state index in [1.807, 2.05) is 6.92 Å². The van der Waals surface area contributed by atoms with E-state index in [1.165, 1.54) is 25.1 Å². The molecular formula is C15H21FO4. The van der Waals surface area contributed by atoms with Gasteiger partial charge in [-0.3, -0.25) is 0 Å². The van der Waals surface area contributed by atoms with Crippen LogP contribution in [0.3, 0.4) is 0 Å². The highest BCUT2D eigenvalue weighted by atomic mass is 19.1. The largest absolute Gasteiger partial charge is 0.478 e. The number of carbonyl (C=O) groups excluding carboxylic acids is 1. The highest BCUT2D eigenvalue weighted by Crippen LogP contribution is 2.27. The second-order valence-electron chi connectivity index (χ2n) is 4.51. The van der Waals surface area contributed by atoms with Crippen molar-refractivity contribution in [3.8, 4) is 5.75 Å². The van der Waals surface area contributed by atoms with Crippen LogP contribution < -0.4 is 4.74 Å². The lowest BCUT2D eigenvalue weighted by molar-refractivity contribution is -0.151. The van der Waals surface area contributed by atoms with Crippen LogP contribution in [0.1, 0.15) is 45.3 Å². The normalized spacial score (nSPS) is 13.7. The summed E-state index contributed by atoms with van der Waals surface area (Å²) in [6.07, 6.45) is -0.391. The third kappa shape index (κ3) is 4.49. The summed E-state index contributed by atoms with van der Waals surface area (Å²) < 4.78 is 23.8. The molecule has 0 fully saturated rings. The molecule has 2 atom stereocenters. The first-order chi connectivity index (χ1) is 9.49. The highest BCUT2D eigenvalue weighted by Gasteiger charge is 2.23. The predicted octanol–water partition coefficient (Wildman–Crippen LogP) is 2.99. The zero-order chi connectivity index (χ0) is 15.1. The Balaban J connectivity index is 2.95. The minimum atomic E-state index is -0.884. The first kappa shape index (κ1) is 16.4. The Morgan fingerprint density at radius 3 is 2.65 bits per heavy atom. The van der Waals surface area contributed by atoms with Crippen molar-refractivity contribution in [1.29, 1.82) is 0 Å². The summed E-state index contributed by atoms with van der Waals surface area (Å²) in [4.78, 5) is 11.8. The van der Waals surface area contributed by atoms with Crippen molar-refractivity contribution >= 4 is 5.97 Å². The third-order valence-corrected chi connectivity index (χ3v) is 2.79. The standard InChI is InChI=1S/C15H21FO4/c1-4-6-14(15(18)19-5-2)20-13-8-7-11(16)9-12(13)10(3)17/h7-10,14,17H,4-6H2,1-3H3/t10-,14?/m0/s1. The van der Waals surface area contributed by atoms with Gasteiger partial charge in [0.25, 0.3) is 0 Å². The van der Waals surface area contributed by atoms with Crippen LogP contribution in [-0.2, 0) is 9.53 Å². The van der Waals surface area contributed by atoms with Crippen LogP contribution in [-0.4, -0.2) is 23.8 Å². The molecule has 1 aromatic carbocycles. The molecule has 0 heterocycles. The predicted molar refractivity (Wildman–Crippen MR) is 73.0 cm³/mol. The quantitative estimate of drug-likeness (QED) is 0.782. The van der Waals surface area contributed by atoms with E-state index in [-0.39, 0.29) is 6.61 Å². The van der Waals surface area contributed by atoms with Crippen molar-refractivity contribution in [2.24, 2.45) is 0 Å². The first-order valence-corrected chi connectivity index (χ1v) is 6.80. The minimum Gasteiger partial charge on any atom is -0.478 e.